The molecule has 0 amide bonds. The maximum atomic E-state index is 5.89. The molecule has 5 heteroatoms. The SMILES string of the molecule is CCN(c1cccc(C)c1)c1ccc(N)c2nonc12. The number of anilines is 3. The van der Waals surface area contributed by atoms with E-state index in [2.05, 4.69) is 47.3 Å². The Kier molecular flexibility index (Phi) is 3.02. The van der Waals surface area contributed by atoms with E-state index in [0.717, 1.165) is 17.9 Å². The fraction of sp³-hybridized carbons (Fsp3) is 0.200. The van der Waals surface area contributed by atoms with Gasteiger partial charge in [0.05, 0.1) is 11.4 Å². The molecule has 0 spiro atoms. The second-order valence-corrected chi connectivity index (χ2v) is 4.72. The number of nitrogens with zero attached hydrogens (tertiary/aromatic N) is 3. The van der Waals surface area contributed by atoms with Gasteiger partial charge >= 0.3 is 0 Å². The summed E-state index contributed by atoms with van der Waals surface area (Å²) in [6, 6.07) is 12.1. The number of hydrogen-bond donors (Lipinski definition) is 1. The maximum absolute atomic E-state index is 5.89. The third-order valence-electron chi connectivity index (χ3n) is 3.35. The molecule has 1 heterocycles. The Labute approximate surface area is 117 Å². The average molecular weight is 268 g/mol. The minimum atomic E-state index is 0.574. The summed E-state index contributed by atoms with van der Waals surface area (Å²) in [5.74, 6) is 0. The van der Waals surface area contributed by atoms with Crippen LogP contribution in [0.2, 0.25) is 0 Å². The van der Waals surface area contributed by atoms with E-state index in [1.807, 2.05) is 18.2 Å². The quantitative estimate of drug-likeness (QED) is 0.738. The summed E-state index contributed by atoms with van der Waals surface area (Å²) in [6.45, 7) is 4.99. The molecule has 0 unspecified atom stereocenters. The molecule has 2 aromatic carbocycles. The van der Waals surface area contributed by atoms with Gasteiger partial charge in [0.2, 0.25) is 0 Å². The molecule has 0 aliphatic carbocycles. The molecule has 0 fully saturated rings. The smallest absolute Gasteiger partial charge is 0.160 e. The second kappa shape index (κ2) is 4.85. The van der Waals surface area contributed by atoms with Crippen LogP contribution in [0.3, 0.4) is 0 Å². The molecule has 0 radical (unpaired) electrons. The lowest BCUT2D eigenvalue weighted by atomic mass is 10.1. The molecule has 0 atom stereocenters. The number of rotatable bonds is 3. The molecule has 5 nitrogen and oxygen atoms in total. The highest BCUT2D eigenvalue weighted by atomic mass is 16.6. The summed E-state index contributed by atoms with van der Waals surface area (Å²) in [7, 11) is 0. The summed E-state index contributed by atoms with van der Waals surface area (Å²) in [6.07, 6.45) is 0. The first kappa shape index (κ1) is 12.5. The van der Waals surface area contributed by atoms with Gasteiger partial charge in [-0.05, 0) is 54.0 Å². The normalized spacial score (nSPS) is 10.9. The van der Waals surface area contributed by atoms with Crippen LogP contribution in [0.25, 0.3) is 11.0 Å². The van der Waals surface area contributed by atoms with Gasteiger partial charge in [0.25, 0.3) is 0 Å². The maximum Gasteiger partial charge on any atom is 0.160 e. The second-order valence-electron chi connectivity index (χ2n) is 4.72. The molecule has 3 rings (SSSR count). The minimum Gasteiger partial charge on any atom is -0.397 e. The Balaban J connectivity index is 2.17. The number of nitrogen functional groups attached to an aromatic ring is 1. The molecule has 0 aliphatic heterocycles. The Morgan fingerprint density at radius 2 is 1.95 bits per heavy atom. The summed E-state index contributed by atoms with van der Waals surface area (Å²) in [4.78, 5) is 2.17. The van der Waals surface area contributed by atoms with Gasteiger partial charge in [0.1, 0.15) is 0 Å². The standard InChI is InChI=1S/C15H16N4O/c1-3-19(11-6-4-5-10(2)9-11)13-8-7-12(16)14-15(13)18-20-17-14/h4-9H,3,16H2,1-2H3. The van der Waals surface area contributed by atoms with Crippen molar-refractivity contribution in [2.75, 3.05) is 17.2 Å². The molecular formula is C15H16N4O. The van der Waals surface area contributed by atoms with Gasteiger partial charge < -0.3 is 10.6 Å². The van der Waals surface area contributed by atoms with E-state index >= 15 is 0 Å². The monoisotopic (exact) mass is 268 g/mol. The first-order chi connectivity index (χ1) is 9.70. The van der Waals surface area contributed by atoms with Crippen LogP contribution in [-0.4, -0.2) is 16.9 Å². The Hall–Kier alpha value is -2.56. The lowest BCUT2D eigenvalue weighted by molar-refractivity contribution is 0.315. The molecule has 0 bridgehead atoms. The van der Waals surface area contributed by atoms with E-state index in [0.29, 0.717) is 16.7 Å². The van der Waals surface area contributed by atoms with Crippen LogP contribution >= 0.6 is 0 Å². The van der Waals surface area contributed by atoms with E-state index in [4.69, 9.17) is 10.4 Å². The number of hydrogen-bond acceptors (Lipinski definition) is 5. The van der Waals surface area contributed by atoms with Gasteiger partial charge in [0, 0.05) is 12.2 Å². The lowest BCUT2D eigenvalue weighted by Gasteiger charge is -2.23. The van der Waals surface area contributed by atoms with E-state index in [9.17, 15) is 0 Å². The van der Waals surface area contributed by atoms with E-state index < -0.39 is 0 Å². The zero-order valence-electron chi connectivity index (χ0n) is 11.5. The molecule has 102 valence electrons. The van der Waals surface area contributed by atoms with Crippen molar-refractivity contribution in [3.63, 3.8) is 0 Å². The van der Waals surface area contributed by atoms with Crippen molar-refractivity contribution in [2.45, 2.75) is 13.8 Å². The van der Waals surface area contributed by atoms with Crippen LogP contribution in [0.5, 0.6) is 0 Å². The predicted octanol–water partition coefficient (Wildman–Crippen LogP) is 3.27. The van der Waals surface area contributed by atoms with Gasteiger partial charge in [0.15, 0.2) is 11.0 Å². The molecular weight excluding hydrogens is 252 g/mol. The molecule has 3 aromatic rings. The van der Waals surface area contributed by atoms with Gasteiger partial charge in [-0.2, -0.15) is 0 Å². The van der Waals surface area contributed by atoms with Gasteiger partial charge in [-0.15, -0.1) is 0 Å². The van der Waals surface area contributed by atoms with E-state index in [1.54, 1.807) is 0 Å². The van der Waals surface area contributed by atoms with Crippen LogP contribution in [0.1, 0.15) is 12.5 Å². The number of benzene rings is 2. The van der Waals surface area contributed by atoms with Crippen LogP contribution in [0, 0.1) is 6.92 Å². The summed E-state index contributed by atoms with van der Waals surface area (Å²) in [5, 5.41) is 7.86. The van der Waals surface area contributed by atoms with Crippen molar-refractivity contribution in [1.29, 1.82) is 0 Å². The highest BCUT2D eigenvalue weighted by Gasteiger charge is 2.16. The number of aromatic nitrogens is 2. The van der Waals surface area contributed by atoms with Gasteiger partial charge in [-0.3, -0.25) is 0 Å². The van der Waals surface area contributed by atoms with Crippen molar-refractivity contribution in [2.24, 2.45) is 0 Å². The first-order valence-electron chi connectivity index (χ1n) is 6.55. The summed E-state index contributed by atoms with van der Waals surface area (Å²) >= 11 is 0. The van der Waals surface area contributed by atoms with Crippen molar-refractivity contribution in [1.82, 2.24) is 10.3 Å². The third kappa shape index (κ3) is 1.97. The molecule has 20 heavy (non-hydrogen) atoms. The van der Waals surface area contributed by atoms with Gasteiger partial charge in [-0.25, -0.2) is 4.63 Å². The summed E-state index contributed by atoms with van der Waals surface area (Å²) in [5.41, 5.74) is 11.0. The molecule has 0 saturated carbocycles. The Morgan fingerprint density at radius 3 is 2.70 bits per heavy atom. The van der Waals surface area contributed by atoms with Crippen LogP contribution in [0.15, 0.2) is 41.0 Å². The lowest BCUT2D eigenvalue weighted by Crippen LogP contribution is -2.16. The minimum absolute atomic E-state index is 0.574. The van der Waals surface area contributed by atoms with Crippen molar-refractivity contribution in [3.05, 3.63) is 42.0 Å². The molecule has 0 saturated heterocycles. The fourth-order valence-electron chi connectivity index (χ4n) is 2.38. The van der Waals surface area contributed by atoms with Crippen molar-refractivity contribution >= 4 is 28.1 Å². The Morgan fingerprint density at radius 1 is 1.15 bits per heavy atom. The van der Waals surface area contributed by atoms with Gasteiger partial charge in [-0.1, -0.05) is 12.1 Å². The predicted molar refractivity (Wildman–Crippen MR) is 80.1 cm³/mol. The highest BCUT2D eigenvalue weighted by molar-refractivity contribution is 5.96. The fourth-order valence-corrected chi connectivity index (χ4v) is 2.38. The van der Waals surface area contributed by atoms with Crippen LogP contribution in [-0.2, 0) is 0 Å². The zero-order valence-corrected chi connectivity index (χ0v) is 11.5. The number of aryl methyl sites for hydroxylation is 1. The molecule has 0 aliphatic rings. The molecule has 2 N–H and O–H groups in total. The Bertz CT molecular complexity index is 750. The van der Waals surface area contributed by atoms with Crippen molar-refractivity contribution in [3.8, 4) is 0 Å². The largest absolute Gasteiger partial charge is 0.397 e. The highest BCUT2D eigenvalue weighted by Crippen LogP contribution is 2.33. The van der Waals surface area contributed by atoms with Crippen LogP contribution < -0.4 is 10.6 Å². The van der Waals surface area contributed by atoms with E-state index in [-0.39, 0.29) is 0 Å². The zero-order chi connectivity index (χ0) is 14.1. The average Bonchev–Trinajstić information content (AvgIpc) is 2.92. The van der Waals surface area contributed by atoms with Crippen molar-refractivity contribution < 1.29 is 4.63 Å². The first-order valence-corrected chi connectivity index (χ1v) is 6.55. The summed E-state index contributed by atoms with van der Waals surface area (Å²) < 4.78 is 4.83. The topological polar surface area (TPSA) is 68.2 Å². The van der Waals surface area contributed by atoms with Crippen LogP contribution in [0.4, 0.5) is 17.1 Å². The number of nitrogens with two attached hydrogens (primary N) is 1. The van der Waals surface area contributed by atoms with E-state index in [1.165, 1.54) is 5.56 Å². The molecule has 1 aromatic heterocycles. The third-order valence-corrected chi connectivity index (χ3v) is 3.35. The number of fused-ring (bicyclic) bond motifs is 1.